The molecule has 0 aliphatic heterocycles. The normalized spacial score (nSPS) is 27.0. The molecule has 4 heteroatoms. The molecule has 2 N–H and O–H groups in total. The van der Waals surface area contributed by atoms with Crippen LogP contribution in [0.4, 0.5) is 0 Å². The second-order valence-electron chi connectivity index (χ2n) is 5.76. The molecule has 19 heavy (non-hydrogen) atoms. The van der Waals surface area contributed by atoms with Crippen molar-refractivity contribution in [3.05, 3.63) is 29.6 Å². The Bertz CT molecular complexity index is 461. The maximum Gasteiger partial charge on any atom is 0.270 e. The number of carbonyl (C=O) groups is 1. The van der Waals surface area contributed by atoms with Gasteiger partial charge in [0.25, 0.3) is 5.91 Å². The van der Waals surface area contributed by atoms with Crippen molar-refractivity contribution in [2.75, 3.05) is 6.61 Å². The fraction of sp³-hybridized carbons (Fsp3) is 0.600. The van der Waals surface area contributed by atoms with Crippen molar-refractivity contribution in [3.63, 3.8) is 0 Å². The van der Waals surface area contributed by atoms with Gasteiger partial charge in [-0.2, -0.15) is 0 Å². The number of carbonyl (C=O) groups excluding carboxylic acids is 1. The molecule has 2 unspecified atom stereocenters. The van der Waals surface area contributed by atoms with E-state index in [1.807, 2.05) is 19.1 Å². The van der Waals surface area contributed by atoms with Crippen molar-refractivity contribution in [2.24, 2.45) is 5.92 Å². The molecule has 0 aromatic carbocycles. The highest BCUT2D eigenvalue weighted by Gasteiger charge is 2.36. The Kier molecular flexibility index (Phi) is 4.20. The number of aliphatic hydroxyl groups excluding tert-OH is 1. The smallest absolute Gasteiger partial charge is 0.270 e. The van der Waals surface area contributed by atoms with Gasteiger partial charge < -0.3 is 10.4 Å². The molecule has 0 saturated heterocycles. The van der Waals surface area contributed by atoms with Gasteiger partial charge in [0.2, 0.25) is 0 Å². The van der Waals surface area contributed by atoms with E-state index in [0.29, 0.717) is 11.6 Å². The summed E-state index contributed by atoms with van der Waals surface area (Å²) in [6.07, 6.45) is 3.88. The molecule has 0 spiro atoms. The van der Waals surface area contributed by atoms with E-state index >= 15 is 0 Å². The van der Waals surface area contributed by atoms with Crippen LogP contribution >= 0.6 is 0 Å². The van der Waals surface area contributed by atoms with E-state index in [1.165, 1.54) is 6.42 Å². The van der Waals surface area contributed by atoms with Gasteiger partial charge in [0.05, 0.1) is 12.1 Å². The van der Waals surface area contributed by atoms with E-state index < -0.39 is 5.54 Å². The minimum Gasteiger partial charge on any atom is -0.394 e. The lowest BCUT2D eigenvalue weighted by molar-refractivity contribution is 0.0692. The van der Waals surface area contributed by atoms with Crippen LogP contribution in [-0.2, 0) is 0 Å². The number of pyridine rings is 1. The van der Waals surface area contributed by atoms with Gasteiger partial charge in [0.15, 0.2) is 0 Å². The average Bonchev–Trinajstić information content (AvgIpc) is 2.38. The second-order valence-corrected chi connectivity index (χ2v) is 5.76. The molecule has 1 aromatic rings. The quantitative estimate of drug-likeness (QED) is 0.876. The number of amides is 1. The van der Waals surface area contributed by atoms with Crippen LogP contribution in [0.3, 0.4) is 0 Å². The summed E-state index contributed by atoms with van der Waals surface area (Å²) in [6.45, 7) is 4.02. The Balaban J connectivity index is 2.12. The van der Waals surface area contributed by atoms with Crippen molar-refractivity contribution in [3.8, 4) is 0 Å². The van der Waals surface area contributed by atoms with Crippen LogP contribution in [0.5, 0.6) is 0 Å². The molecule has 2 rings (SSSR count). The van der Waals surface area contributed by atoms with Crippen molar-refractivity contribution in [1.29, 1.82) is 0 Å². The van der Waals surface area contributed by atoms with E-state index in [-0.39, 0.29) is 12.5 Å². The highest BCUT2D eigenvalue weighted by molar-refractivity contribution is 5.92. The average molecular weight is 262 g/mol. The number of aromatic nitrogens is 1. The van der Waals surface area contributed by atoms with E-state index in [9.17, 15) is 9.90 Å². The Morgan fingerprint density at radius 1 is 1.58 bits per heavy atom. The Labute approximate surface area is 114 Å². The number of aliphatic hydroxyl groups is 1. The molecule has 1 fully saturated rings. The molecule has 1 saturated carbocycles. The van der Waals surface area contributed by atoms with Gasteiger partial charge in [-0.15, -0.1) is 0 Å². The SMILES string of the molecule is Cc1cccc(C(=O)NC2(CO)CCCC(C)C2)n1. The lowest BCUT2D eigenvalue weighted by atomic mass is 9.77. The number of hydrogen-bond donors (Lipinski definition) is 2. The minimum absolute atomic E-state index is 0.00506. The van der Waals surface area contributed by atoms with Crippen LogP contribution in [-0.4, -0.2) is 28.1 Å². The van der Waals surface area contributed by atoms with Crippen LogP contribution in [0.15, 0.2) is 18.2 Å². The number of aryl methyl sites for hydroxylation is 1. The van der Waals surface area contributed by atoms with Crippen LogP contribution in [0, 0.1) is 12.8 Å². The molecule has 1 aliphatic carbocycles. The second kappa shape index (κ2) is 5.70. The van der Waals surface area contributed by atoms with Gasteiger partial charge in [0, 0.05) is 5.69 Å². The van der Waals surface area contributed by atoms with E-state index in [1.54, 1.807) is 6.07 Å². The topological polar surface area (TPSA) is 62.2 Å². The molecular formula is C15H22N2O2. The Morgan fingerprint density at radius 3 is 3.00 bits per heavy atom. The predicted molar refractivity (Wildman–Crippen MR) is 73.9 cm³/mol. The van der Waals surface area contributed by atoms with E-state index in [2.05, 4.69) is 17.2 Å². The van der Waals surface area contributed by atoms with Gasteiger partial charge in [0.1, 0.15) is 5.69 Å². The van der Waals surface area contributed by atoms with Crippen molar-refractivity contribution in [2.45, 2.75) is 45.1 Å². The first-order chi connectivity index (χ1) is 9.04. The lowest BCUT2D eigenvalue weighted by Gasteiger charge is -2.39. The number of nitrogens with zero attached hydrogens (tertiary/aromatic N) is 1. The van der Waals surface area contributed by atoms with Gasteiger partial charge in [-0.1, -0.05) is 25.8 Å². The maximum atomic E-state index is 12.3. The Morgan fingerprint density at radius 2 is 2.37 bits per heavy atom. The van der Waals surface area contributed by atoms with Crippen molar-refractivity contribution in [1.82, 2.24) is 10.3 Å². The largest absolute Gasteiger partial charge is 0.394 e. The summed E-state index contributed by atoms with van der Waals surface area (Å²) in [6, 6.07) is 5.40. The van der Waals surface area contributed by atoms with E-state index in [4.69, 9.17) is 0 Å². The van der Waals surface area contributed by atoms with E-state index in [0.717, 1.165) is 25.0 Å². The van der Waals surface area contributed by atoms with Gasteiger partial charge in [-0.3, -0.25) is 4.79 Å². The summed E-state index contributed by atoms with van der Waals surface area (Å²) >= 11 is 0. The van der Waals surface area contributed by atoms with Crippen molar-refractivity contribution < 1.29 is 9.90 Å². The molecule has 4 nitrogen and oxygen atoms in total. The molecular weight excluding hydrogens is 240 g/mol. The van der Waals surface area contributed by atoms with Gasteiger partial charge >= 0.3 is 0 Å². The van der Waals surface area contributed by atoms with Crippen LogP contribution in [0.2, 0.25) is 0 Å². The first-order valence-corrected chi connectivity index (χ1v) is 6.92. The summed E-state index contributed by atoms with van der Waals surface area (Å²) in [7, 11) is 0. The fourth-order valence-electron chi connectivity index (χ4n) is 2.93. The first-order valence-electron chi connectivity index (χ1n) is 6.92. The molecule has 1 aromatic heterocycles. The van der Waals surface area contributed by atoms with Crippen LogP contribution in [0.25, 0.3) is 0 Å². The summed E-state index contributed by atoms with van der Waals surface area (Å²) in [5.41, 5.74) is 0.772. The molecule has 1 aliphatic rings. The molecule has 1 heterocycles. The summed E-state index contributed by atoms with van der Waals surface area (Å²) < 4.78 is 0. The Hall–Kier alpha value is -1.42. The number of hydrogen-bond acceptors (Lipinski definition) is 3. The fourth-order valence-corrected chi connectivity index (χ4v) is 2.93. The summed E-state index contributed by atoms with van der Waals surface area (Å²) in [5, 5.41) is 12.7. The predicted octanol–water partition coefficient (Wildman–Crippen LogP) is 2.06. The number of rotatable bonds is 3. The first kappa shape index (κ1) is 14.0. The van der Waals surface area contributed by atoms with Crippen LogP contribution in [0.1, 0.15) is 48.8 Å². The molecule has 1 amide bonds. The zero-order valence-electron chi connectivity index (χ0n) is 11.6. The summed E-state index contributed by atoms with van der Waals surface area (Å²) in [4.78, 5) is 16.5. The zero-order chi connectivity index (χ0) is 13.9. The minimum atomic E-state index is -0.472. The molecule has 104 valence electrons. The third-order valence-corrected chi connectivity index (χ3v) is 3.89. The lowest BCUT2D eigenvalue weighted by Crippen LogP contribution is -2.54. The third-order valence-electron chi connectivity index (χ3n) is 3.89. The molecule has 0 bridgehead atoms. The monoisotopic (exact) mass is 262 g/mol. The summed E-state index contributed by atoms with van der Waals surface area (Å²) in [5.74, 6) is 0.346. The maximum absolute atomic E-state index is 12.3. The van der Waals surface area contributed by atoms with Crippen LogP contribution < -0.4 is 5.32 Å². The number of nitrogens with one attached hydrogen (secondary N) is 1. The van der Waals surface area contributed by atoms with Gasteiger partial charge in [-0.25, -0.2) is 4.98 Å². The highest BCUT2D eigenvalue weighted by atomic mass is 16.3. The molecule has 2 atom stereocenters. The standard InChI is InChI=1S/C15H22N2O2/c1-11-5-4-8-15(9-11,10-18)17-14(19)13-7-3-6-12(2)16-13/h3,6-7,11,18H,4-5,8-10H2,1-2H3,(H,17,19). The highest BCUT2D eigenvalue weighted by Crippen LogP contribution is 2.32. The molecule has 0 radical (unpaired) electrons. The third kappa shape index (κ3) is 3.32. The van der Waals surface area contributed by atoms with Crippen molar-refractivity contribution >= 4 is 5.91 Å². The van der Waals surface area contributed by atoms with Gasteiger partial charge in [-0.05, 0) is 37.8 Å². The zero-order valence-corrected chi connectivity index (χ0v) is 11.6.